The van der Waals surface area contributed by atoms with Crippen LogP contribution in [0.3, 0.4) is 0 Å². The van der Waals surface area contributed by atoms with Gasteiger partial charge in [-0.25, -0.2) is 9.07 Å². The Morgan fingerprint density at radius 2 is 2.00 bits per heavy atom. The molecule has 0 aliphatic rings. The van der Waals surface area contributed by atoms with Crippen molar-refractivity contribution in [1.29, 1.82) is 0 Å². The average Bonchev–Trinajstić information content (AvgIpc) is 2.82. The summed E-state index contributed by atoms with van der Waals surface area (Å²) in [5.41, 5.74) is 7.85. The van der Waals surface area contributed by atoms with Crippen molar-refractivity contribution in [2.24, 2.45) is 5.73 Å². The van der Waals surface area contributed by atoms with Crippen LogP contribution >= 0.6 is 0 Å². The van der Waals surface area contributed by atoms with Gasteiger partial charge in [-0.2, -0.15) is 5.10 Å². The van der Waals surface area contributed by atoms with E-state index in [0.717, 1.165) is 16.5 Å². The van der Waals surface area contributed by atoms with Gasteiger partial charge in [0.15, 0.2) is 0 Å². The second-order valence-corrected chi connectivity index (χ2v) is 4.61. The molecule has 1 atom stereocenters. The van der Waals surface area contributed by atoms with E-state index in [4.69, 9.17) is 5.73 Å². The van der Waals surface area contributed by atoms with Crippen molar-refractivity contribution < 1.29 is 4.39 Å². The van der Waals surface area contributed by atoms with E-state index in [-0.39, 0.29) is 11.9 Å². The minimum atomic E-state index is -0.316. The van der Waals surface area contributed by atoms with Crippen LogP contribution in [0.5, 0.6) is 0 Å². The number of halogens is 1. The maximum absolute atomic E-state index is 14.2. The molecule has 0 aliphatic heterocycles. The number of rotatable bonds is 2. The highest BCUT2D eigenvalue weighted by Crippen LogP contribution is 2.22. The van der Waals surface area contributed by atoms with E-state index in [9.17, 15) is 4.39 Å². The Morgan fingerprint density at radius 3 is 2.74 bits per heavy atom. The first kappa shape index (κ1) is 11.9. The quantitative estimate of drug-likeness (QED) is 0.764. The Balaban J connectivity index is 2.17. The third-order valence-electron chi connectivity index (χ3n) is 3.20. The predicted octanol–water partition coefficient (Wildman–Crippen LogP) is 3.18. The zero-order valence-corrected chi connectivity index (χ0v) is 10.5. The smallest absolute Gasteiger partial charge is 0.149 e. The largest absolute Gasteiger partial charge is 0.324 e. The monoisotopic (exact) mass is 255 g/mol. The highest BCUT2D eigenvalue weighted by molar-refractivity contribution is 5.80. The molecule has 0 saturated carbocycles. The lowest BCUT2D eigenvalue weighted by Gasteiger charge is -2.09. The van der Waals surface area contributed by atoms with Crippen molar-refractivity contribution in [2.45, 2.75) is 13.0 Å². The molecule has 4 heteroatoms. The molecule has 3 rings (SSSR count). The van der Waals surface area contributed by atoms with Crippen LogP contribution in [0.1, 0.15) is 18.5 Å². The van der Waals surface area contributed by atoms with Gasteiger partial charge < -0.3 is 5.73 Å². The zero-order chi connectivity index (χ0) is 13.4. The number of nitrogens with two attached hydrogens (primary N) is 1. The van der Waals surface area contributed by atoms with Gasteiger partial charge in [0.2, 0.25) is 0 Å². The molecule has 0 spiro atoms. The maximum Gasteiger partial charge on any atom is 0.149 e. The van der Waals surface area contributed by atoms with Crippen molar-refractivity contribution in [3.63, 3.8) is 0 Å². The predicted molar refractivity (Wildman–Crippen MR) is 73.6 cm³/mol. The first-order chi connectivity index (χ1) is 9.16. The Hall–Kier alpha value is -2.20. The van der Waals surface area contributed by atoms with Crippen LogP contribution < -0.4 is 5.73 Å². The number of nitrogens with zero attached hydrogens (tertiary/aromatic N) is 2. The molecular formula is C15H14FN3. The molecule has 1 aromatic heterocycles. The van der Waals surface area contributed by atoms with E-state index in [1.165, 1.54) is 6.07 Å². The van der Waals surface area contributed by atoms with Crippen LogP contribution in [-0.4, -0.2) is 9.78 Å². The van der Waals surface area contributed by atoms with Crippen molar-refractivity contribution in [1.82, 2.24) is 9.78 Å². The lowest BCUT2D eigenvalue weighted by molar-refractivity contribution is 0.608. The molecule has 0 aliphatic carbocycles. The third kappa shape index (κ3) is 2.00. The molecule has 0 radical (unpaired) electrons. The number of hydrogen-bond acceptors (Lipinski definition) is 2. The van der Waals surface area contributed by atoms with Gasteiger partial charge in [0, 0.05) is 11.4 Å². The fourth-order valence-corrected chi connectivity index (χ4v) is 2.14. The Morgan fingerprint density at radius 1 is 1.21 bits per heavy atom. The molecule has 3 aromatic rings. The summed E-state index contributed by atoms with van der Waals surface area (Å²) in [6.07, 6.45) is 1.73. The summed E-state index contributed by atoms with van der Waals surface area (Å²) in [5.74, 6) is -0.316. The van der Waals surface area contributed by atoms with E-state index in [2.05, 4.69) is 5.10 Å². The van der Waals surface area contributed by atoms with Gasteiger partial charge in [-0.05, 0) is 30.7 Å². The van der Waals surface area contributed by atoms with Crippen LogP contribution in [0.15, 0.2) is 48.7 Å². The van der Waals surface area contributed by atoms with Crippen LogP contribution in [-0.2, 0) is 0 Å². The van der Waals surface area contributed by atoms with E-state index in [0.29, 0.717) is 5.69 Å². The number of benzene rings is 2. The molecule has 2 N–H and O–H groups in total. The standard InChI is InChI=1S/C15H14FN3/c1-10(17)11-6-7-15(13(16)8-11)19-14-5-3-2-4-12(14)9-18-19/h2-10H,17H2,1H3. The highest BCUT2D eigenvalue weighted by atomic mass is 19.1. The number of para-hydroxylation sites is 1. The van der Waals surface area contributed by atoms with Crippen LogP contribution in [0.25, 0.3) is 16.6 Å². The minimum absolute atomic E-state index is 0.182. The number of fused-ring (bicyclic) bond motifs is 1. The van der Waals surface area contributed by atoms with Gasteiger partial charge >= 0.3 is 0 Å². The average molecular weight is 255 g/mol. The summed E-state index contributed by atoms with van der Waals surface area (Å²) in [4.78, 5) is 0. The zero-order valence-electron chi connectivity index (χ0n) is 10.5. The Bertz CT molecular complexity index is 731. The van der Waals surface area contributed by atoms with Crippen molar-refractivity contribution in [2.75, 3.05) is 0 Å². The van der Waals surface area contributed by atoms with Gasteiger partial charge in [-0.15, -0.1) is 0 Å². The SMILES string of the molecule is CC(N)c1ccc(-n2ncc3ccccc32)c(F)c1. The second kappa shape index (κ2) is 4.48. The summed E-state index contributed by atoms with van der Waals surface area (Å²) < 4.78 is 15.8. The van der Waals surface area contributed by atoms with E-state index in [1.54, 1.807) is 16.9 Å². The molecule has 0 amide bonds. The molecule has 0 fully saturated rings. The van der Waals surface area contributed by atoms with Crippen molar-refractivity contribution in [3.05, 3.63) is 60.0 Å². The molecule has 96 valence electrons. The summed E-state index contributed by atoms with van der Waals surface area (Å²) in [7, 11) is 0. The number of aromatic nitrogens is 2. The third-order valence-corrected chi connectivity index (χ3v) is 3.20. The first-order valence-corrected chi connectivity index (χ1v) is 6.15. The fourth-order valence-electron chi connectivity index (χ4n) is 2.14. The first-order valence-electron chi connectivity index (χ1n) is 6.15. The maximum atomic E-state index is 14.2. The molecule has 1 unspecified atom stereocenters. The van der Waals surface area contributed by atoms with Crippen LogP contribution in [0.2, 0.25) is 0 Å². The topological polar surface area (TPSA) is 43.8 Å². The van der Waals surface area contributed by atoms with Crippen LogP contribution in [0.4, 0.5) is 4.39 Å². The Kier molecular flexibility index (Phi) is 2.80. The minimum Gasteiger partial charge on any atom is -0.324 e. The highest BCUT2D eigenvalue weighted by Gasteiger charge is 2.11. The lowest BCUT2D eigenvalue weighted by atomic mass is 10.1. The van der Waals surface area contributed by atoms with E-state index < -0.39 is 0 Å². The molecule has 19 heavy (non-hydrogen) atoms. The van der Waals surface area contributed by atoms with E-state index in [1.807, 2.05) is 37.3 Å². The van der Waals surface area contributed by atoms with Crippen molar-refractivity contribution >= 4 is 10.9 Å². The normalized spacial score (nSPS) is 12.8. The fraction of sp³-hybridized carbons (Fsp3) is 0.133. The van der Waals surface area contributed by atoms with E-state index >= 15 is 0 Å². The molecule has 2 aromatic carbocycles. The molecule has 1 heterocycles. The summed E-state index contributed by atoms with van der Waals surface area (Å²) >= 11 is 0. The van der Waals surface area contributed by atoms with Gasteiger partial charge in [0.25, 0.3) is 0 Å². The van der Waals surface area contributed by atoms with Gasteiger partial charge in [-0.3, -0.25) is 0 Å². The molecule has 0 bridgehead atoms. The number of hydrogen-bond donors (Lipinski definition) is 1. The van der Waals surface area contributed by atoms with Gasteiger partial charge in [0.1, 0.15) is 11.5 Å². The van der Waals surface area contributed by atoms with Gasteiger partial charge in [0.05, 0.1) is 11.7 Å². The Labute approximate surface area is 110 Å². The van der Waals surface area contributed by atoms with Crippen LogP contribution in [0, 0.1) is 5.82 Å². The molecule has 0 saturated heterocycles. The molecular weight excluding hydrogens is 241 g/mol. The summed E-state index contributed by atoms with van der Waals surface area (Å²) in [5, 5.41) is 5.23. The summed E-state index contributed by atoms with van der Waals surface area (Å²) in [6, 6.07) is 12.6. The second-order valence-electron chi connectivity index (χ2n) is 4.61. The van der Waals surface area contributed by atoms with Crippen molar-refractivity contribution in [3.8, 4) is 5.69 Å². The van der Waals surface area contributed by atoms with Gasteiger partial charge in [-0.1, -0.05) is 24.3 Å². The molecule has 3 nitrogen and oxygen atoms in total. The lowest BCUT2D eigenvalue weighted by Crippen LogP contribution is -2.07. The summed E-state index contributed by atoms with van der Waals surface area (Å²) in [6.45, 7) is 1.83.